The number of amides is 2. The first-order valence-corrected chi connectivity index (χ1v) is 8.80. The molecule has 0 bridgehead atoms. The molecule has 2 amide bonds. The van der Waals surface area contributed by atoms with E-state index in [1.807, 2.05) is 0 Å². The normalized spacial score (nSPS) is 14.8. The van der Waals surface area contributed by atoms with Crippen LogP contribution in [0.1, 0.15) is 17.0 Å². The van der Waals surface area contributed by atoms with E-state index in [2.05, 4.69) is 32.4 Å². The molecule has 0 aliphatic carbocycles. The minimum Gasteiger partial charge on any atom is -0.331 e. The van der Waals surface area contributed by atoms with Crippen molar-refractivity contribution in [2.45, 2.75) is 5.92 Å². The lowest BCUT2D eigenvalue weighted by Gasteiger charge is -2.22. The van der Waals surface area contributed by atoms with Crippen molar-refractivity contribution < 1.29 is 4.79 Å². The molecule has 0 saturated heterocycles. The van der Waals surface area contributed by atoms with Crippen LogP contribution < -0.4 is 10.3 Å². The average Bonchev–Trinajstić information content (AvgIpc) is 2.59. The lowest BCUT2D eigenvalue weighted by atomic mass is 9.92. The highest BCUT2D eigenvalue weighted by atomic mass is 79.9. The molecule has 0 aromatic heterocycles. The van der Waals surface area contributed by atoms with Crippen LogP contribution in [0.3, 0.4) is 0 Å². The van der Waals surface area contributed by atoms with Gasteiger partial charge in [-0.3, -0.25) is 0 Å². The molecular formula is C17H11BrCl2N4O. The molecule has 0 radical (unpaired) electrons. The molecule has 1 heterocycles. The number of anilines is 1. The van der Waals surface area contributed by atoms with Crippen molar-refractivity contribution in [1.82, 2.24) is 5.32 Å². The Morgan fingerprint density at radius 1 is 1.28 bits per heavy atom. The Morgan fingerprint density at radius 3 is 2.60 bits per heavy atom. The summed E-state index contributed by atoms with van der Waals surface area (Å²) in [5, 5.41) is 18.5. The number of urea groups is 1. The van der Waals surface area contributed by atoms with Gasteiger partial charge in [0.1, 0.15) is 0 Å². The van der Waals surface area contributed by atoms with E-state index in [9.17, 15) is 10.1 Å². The van der Waals surface area contributed by atoms with Crippen LogP contribution in [0, 0.1) is 11.3 Å². The average molecular weight is 438 g/mol. The minimum atomic E-state index is -0.577. The largest absolute Gasteiger partial charge is 0.342 e. The first-order valence-electron chi connectivity index (χ1n) is 7.25. The smallest absolute Gasteiger partial charge is 0.331 e. The molecule has 2 aromatic rings. The molecule has 1 atom stereocenters. The number of nitrogens with one attached hydrogen (secondary N) is 1. The third kappa shape index (κ3) is 3.64. The van der Waals surface area contributed by atoms with Gasteiger partial charge < -0.3 is 5.32 Å². The summed E-state index contributed by atoms with van der Waals surface area (Å²) in [6, 6.07) is 12.3. The van der Waals surface area contributed by atoms with E-state index in [1.165, 1.54) is 5.01 Å². The van der Waals surface area contributed by atoms with Crippen molar-refractivity contribution in [2.24, 2.45) is 5.10 Å². The molecule has 0 fully saturated rings. The number of nitriles is 1. The quantitative estimate of drug-likeness (QED) is 0.739. The Kier molecular flexibility index (Phi) is 5.28. The van der Waals surface area contributed by atoms with Crippen molar-refractivity contribution in [3.63, 3.8) is 0 Å². The molecular weight excluding hydrogens is 427 g/mol. The van der Waals surface area contributed by atoms with Gasteiger partial charge in [-0.1, -0.05) is 51.3 Å². The fourth-order valence-corrected chi connectivity index (χ4v) is 3.74. The zero-order valence-electron chi connectivity index (χ0n) is 12.7. The minimum absolute atomic E-state index is 0.340. The number of nitrogens with zero attached hydrogens (tertiary/aromatic N) is 3. The van der Waals surface area contributed by atoms with Gasteiger partial charge in [0.2, 0.25) is 0 Å². The van der Waals surface area contributed by atoms with Gasteiger partial charge in [0.05, 0.1) is 24.2 Å². The summed E-state index contributed by atoms with van der Waals surface area (Å²) < 4.78 is 0.616. The summed E-state index contributed by atoms with van der Waals surface area (Å²) in [6.07, 6.45) is 1.59. The van der Waals surface area contributed by atoms with Gasteiger partial charge in [-0.2, -0.15) is 15.4 Å². The molecule has 1 unspecified atom stereocenters. The van der Waals surface area contributed by atoms with Crippen molar-refractivity contribution in [3.8, 4) is 6.07 Å². The summed E-state index contributed by atoms with van der Waals surface area (Å²) in [5.74, 6) is -0.577. The van der Waals surface area contributed by atoms with Crippen LogP contribution >= 0.6 is 39.1 Å². The van der Waals surface area contributed by atoms with Gasteiger partial charge in [0.25, 0.3) is 0 Å². The maximum absolute atomic E-state index is 11.9. The van der Waals surface area contributed by atoms with E-state index >= 15 is 0 Å². The number of hydrogen-bond acceptors (Lipinski definition) is 3. The Bertz CT molecular complexity index is 870. The number of carbonyl (C=O) groups is 1. The summed E-state index contributed by atoms with van der Waals surface area (Å²) in [6.45, 7) is 0.384. The van der Waals surface area contributed by atoms with Crippen LogP contribution in [0.25, 0.3) is 0 Å². The number of carbonyl (C=O) groups excluding carboxylic acids is 1. The van der Waals surface area contributed by atoms with Gasteiger partial charge in [-0.25, -0.2) is 4.79 Å². The van der Waals surface area contributed by atoms with Gasteiger partial charge in [0, 0.05) is 26.3 Å². The highest BCUT2D eigenvalue weighted by molar-refractivity contribution is 9.10. The van der Waals surface area contributed by atoms with E-state index < -0.39 is 5.92 Å². The lowest BCUT2D eigenvalue weighted by molar-refractivity contribution is 0.247. The SMILES string of the molecule is N#CC(c1ccc(Cl)cc1)c1c(Cl)cc(N2N=CCNC2=O)cc1Br. The number of hydrogen-bond donors (Lipinski definition) is 1. The van der Waals surface area contributed by atoms with Crippen LogP contribution in [0.5, 0.6) is 0 Å². The zero-order valence-corrected chi connectivity index (χ0v) is 15.8. The monoisotopic (exact) mass is 436 g/mol. The maximum atomic E-state index is 11.9. The Morgan fingerprint density at radius 2 is 2.00 bits per heavy atom. The Labute approximate surface area is 163 Å². The second-order valence-electron chi connectivity index (χ2n) is 5.23. The second-order valence-corrected chi connectivity index (χ2v) is 6.93. The molecule has 1 aliphatic heterocycles. The van der Waals surface area contributed by atoms with E-state index in [1.54, 1.807) is 42.6 Å². The topological polar surface area (TPSA) is 68.5 Å². The molecule has 25 heavy (non-hydrogen) atoms. The van der Waals surface area contributed by atoms with Crippen molar-refractivity contribution in [3.05, 3.63) is 62.0 Å². The maximum Gasteiger partial charge on any atom is 0.342 e. The van der Waals surface area contributed by atoms with Crippen LogP contribution in [-0.4, -0.2) is 18.8 Å². The molecule has 2 aromatic carbocycles. The molecule has 8 heteroatoms. The summed E-state index contributed by atoms with van der Waals surface area (Å²) >= 11 is 15.8. The molecule has 1 aliphatic rings. The van der Waals surface area contributed by atoms with Crippen molar-refractivity contribution >= 4 is 57.1 Å². The summed E-state index contributed by atoms with van der Waals surface area (Å²) in [7, 11) is 0. The highest BCUT2D eigenvalue weighted by Crippen LogP contribution is 2.39. The number of benzene rings is 2. The third-order valence-electron chi connectivity index (χ3n) is 3.66. The Balaban J connectivity index is 2.04. The third-order valence-corrected chi connectivity index (χ3v) is 4.88. The number of rotatable bonds is 3. The number of halogens is 3. The van der Waals surface area contributed by atoms with Crippen LogP contribution in [0.15, 0.2) is 46.0 Å². The molecule has 1 N–H and O–H groups in total. The van der Waals surface area contributed by atoms with E-state index in [0.717, 1.165) is 5.56 Å². The van der Waals surface area contributed by atoms with E-state index in [0.29, 0.717) is 32.3 Å². The van der Waals surface area contributed by atoms with E-state index in [4.69, 9.17) is 23.2 Å². The standard InChI is InChI=1S/C17H11BrCl2N4O/c18-14-7-12(24-17(25)22-5-6-23-24)8-15(20)16(14)13(9-21)10-1-3-11(19)4-2-10/h1-4,6-8,13H,5H2,(H,22,25). The fourth-order valence-electron chi connectivity index (χ4n) is 2.50. The van der Waals surface area contributed by atoms with Crippen molar-refractivity contribution in [2.75, 3.05) is 11.6 Å². The molecule has 126 valence electrons. The van der Waals surface area contributed by atoms with Crippen LogP contribution in [-0.2, 0) is 0 Å². The first-order chi connectivity index (χ1) is 12.0. The summed E-state index contributed by atoms with van der Waals surface area (Å²) in [4.78, 5) is 11.9. The van der Waals surface area contributed by atoms with Crippen molar-refractivity contribution in [1.29, 1.82) is 5.26 Å². The van der Waals surface area contributed by atoms with Crippen LogP contribution in [0.4, 0.5) is 10.5 Å². The summed E-state index contributed by atoms with van der Waals surface area (Å²) in [5.41, 5.74) is 1.90. The fraction of sp³-hybridized carbons (Fsp3) is 0.118. The van der Waals surface area contributed by atoms with Gasteiger partial charge in [-0.05, 0) is 29.8 Å². The van der Waals surface area contributed by atoms with Crippen LogP contribution in [0.2, 0.25) is 10.0 Å². The lowest BCUT2D eigenvalue weighted by Crippen LogP contribution is -2.41. The predicted octanol–water partition coefficient (Wildman–Crippen LogP) is 4.93. The highest BCUT2D eigenvalue weighted by Gasteiger charge is 2.24. The van der Waals surface area contributed by atoms with Gasteiger partial charge in [-0.15, -0.1) is 0 Å². The molecule has 3 rings (SSSR count). The molecule has 5 nitrogen and oxygen atoms in total. The number of hydrazone groups is 1. The molecule has 0 spiro atoms. The zero-order chi connectivity index (χ0) is 18.0. The second kappa shape index (κ2) is 7.44. The molecule has 0 saturated carbocycles. The Hall–Kier alpha value is -2.07. The predicted molar refractivity (Wildman–Crippen MR) is 102 cm³/mol. The first kappa shape index (κ1) is 17.7. The van der Waals surface area contributed by atoms with E-state index in [-0.39, 0.29) is 6.03 Å². The van der Waals surface area contributed by atoms with Gasteiger partial charge >= 0.3 is 6.03 Å². The van der Waals surface area contributed by atoms with Gasteiger partial charge in [0.15, 0.2) is 0 Å².